The van der Waals surface area contributed by atoms with Crippen molar-refractivity contribution in [3.63, 3.8) is 0 Å². The van der Waals surface area contributed by atoms with Crippen LogP contribution < -0.4 is 0 Å². The molecule has 1 fully saturated rings. The fraction of sp³-hybridized carbons (Fsp3) is 0.500. The monoisotopic (exact) mass is 247 g/mol. The second-order valence-electron chi connectivity index (χ2n) is 4.80. The molecule has 3 heterocycles. The third-order valence-corrected chi connectivity index (χ3v) is 3.49. The van der Waals surface area contributed by atoms with E-state index in [1.165, 1.54) is 19.3 Å². The van der Waals surface area contributed by atoms with Gasteiger partial charge >= 0.3 is 5.97 Å². The van der Waals surface area contributed by atoms with Gasteiger partial charge in [0, 0.05) is 6.54 Å². The maximum Gasteiger partial charge on any atom is 0.342 e. The molecule has 3 rings (SSSR count). The first kappa shape index (κ1) is 11.5. The van der Waals surface area contributed by atoms with Crippen molar-refractivity contribution in [2.45, 2.75) is 19.3 Å². The Bertz CT molecular complexity index is 513. The predicted octanol–water partition coefficient (Wildman–Crippen LogP) is 2.51. The van der Waals surface area contributed by atoms with Crippen molar-refractivity contribution < 1.29 is 13.9 Å². The summed E-state index contributed by atoms with van der Waals surface area (Å²) in [6, 6.07) is 5.38. The molecule has 0 unspecified atom stereocenters. The maximum atomic E-state index is 11.8. The first-order valence-electron chi connectivity index (χ1n) is 6.54. The van der Waals surface area contributed by atoms with Crippen LogP contribution in [0.2, 0.25) is 0 Å². The Morgan fingerprint density at radius 1 is 1.28 bits per heavy atom. The SMILES string of the molecule is O=C(OCCN1CCCCC1)c1cc2ccc1o2. The number of esters is 1. The third-order valence-electron chi connectivity index (χ3n) is 3.49. The lowest BCUT2D eigenvalue weighted by molar-refractivity contribution is 0.0454. The number of nitrogens with zero attached hydrogens (tertiary/aromatic N) is 1. The minimum atomic E-state index is -0.277. The Morgan fingerprint density at radius 2 is 2.11 bits per heavy atom. The highest BCUT2D eigenvalue weighted by Crippen LogP contribution is 2.22. The average Bonchev–Trinajstić information content (AvgIpc) is 3.02. The van der Waals surface area contributed by atoms with Crippen LogP contribution in [0.3, 0.4) is 0 Å². The molecule has 1 aliphatic rings. The number of ether oxygens (including phenoxy) is 1. The van der Waals surface area contributed by atoms with Crippen molar-refractivity contribution in [2.75, 3.05) is 26.2 Å². The Balaban J connectivity index is 1.48. The molecule has 2 aromatic heterocycles. The molecule has 0 spiro atoms. The van der Waals surface area contributed by atoms with E-state index in [4.69, 9.17) is 9.15 Å². The van der Waals surface area contributed by atoms with E-state index in [1.807, 2.05) is 6.07 Å². The Labute approximate surface area is 106 Å². The standard InChI is InChI=1S/C14H17NO3/c16-14(12-10-11-4-5-13(12)18-11)17-9-8-15-6-2-1-3-7-15/h4-5,10H,1-3,6-9H2. The van der Waals surface area contributed by atoms with Crippen molar-refractivity contribution in [2.24, 2.45) is 0 Å². The van der Waals surface area contributed by atoms with E-state index in [0.717, 1.165) is 25.2 Å². The largest absolute Gasteiger partial charge is 0.461 e. The zero-order valence-electron chi connectivity index (χ0n) is 10.4. The van der Waals surface area contributed by atoms with Crippen LogP contribution in [0.1, 0.15) is 29.6 Å². The van der Waals surface area contributed by atoms with E-state index in [0.29, 0.717) is 17.8 Å². The van der Waals surface area contributed by atoms with Gasteiger partial charge in [-0.1, -0.05) is 6.42 Å². The second-order valence-corrected chi connectivity index (χ2v) is 4.80. The van der Waals surface area contributed by atoms with E-state index in [1.54, 1.807) is 12.1 Å². The number of carbonyl (C=O) groups is 1. The quantitative estimate of drug-likeness (QED) is 0.779. The zero-order chi connectivity index (χ0) is 12.4. The van der Waals surface area contributed by atoms with Gasteiger partial charge in [-0.2, -0.15) is 0 Å². The van der Waals surface area contributed by atoms with E-state index in [9.17, 15) is 4.79 Å². The van der Waals surface area contributed by atoms with Crippen molar-refractivity contribution in [1.29, 1.82) is 0 Å². The van der Waals surface area contributed by atoms with Gasteiger partial charge in [-0.05, 0) is 44.1 Å². The molecule has 0 atom stereocenters. The number of hydrogen-bond donors (Lipinski definition) is 0. The van der Waals surface area contributed by atoms with E-state index < -0.39 is 0 Å². The molecular weight excluding hydrogens is 230 g/mol. The second kappa shape index (κ2) is 4.98. The van der Waals surface area contributed by atoms with Crippen LogP contribution in [0.25, 0.3) is 11.2 Å². The lowest BCUT2D eigenvalue weighted by Gasteiger charge is -2.25. The lowest BCUT2D eigenvalue weighted by atomic mass is 10.1. The summed E-state index contributed by atoms with van der Waals surface area (Å²) in [6.45, 7) is 3.55. The Hall–Kier alpha value is -1.55. The van der Waals surface area contributed by atoms with Gasteiger partial charge < -0.3 is 9.15 Å². The summed E-state index contributed by atoms with van der Waals surface area (Å²) in [5, 5.41) is 0. The van der Waals surface area contributed by atoms with Gasteiger partial charge in [-0.3, -0.25) is 4.90 Å². The summed E-state index contributed by atoms with van der Waals surface area (Å²) in [7, 11) is 0. The molecule has 2 aromatic rings. The predicted molar refractivity (Wildman–Crippen MR) is 68.0 cm³/mol. The van der Waals surface area contributed by atoms with Crippen LogP contribution in [-0.4, -0.2) is 37.1 Å². The third kappa shape index (κ3) is 2.34. The molecule has 0 radical (unpaired) electrons. The fourth-order valence-electron chi connectivity index (χ4n) is 2.48. The van der Waals surface area contributed by atoms with Crippen LogP contribution in [-0.2, 0) is 4.74 Å². The summed E-state index contributed by atoms with van der Waals surface area (Å²) in [5.74, 6) is -0.277. The van der Waals surface area contributed by atoms with Crippen LogP contribution in [0, 0.1) is 0 Å². The normalized spacial score (nSPS) is 17.3. The highest BCUT2D eigenvalue weighted by molar-refractivity contribution is 5.99. The van der Waals surface area contributed by atoms with Gasteiger partial charge in [0.2, 0.25) is 0 Å². The van der Waals surface area contributed by atoms with Gasteiger partial charge in [0.05, 0.1) is 0 Å². The Morgan fingerprint density at radius 3 is 2.78 bits per heavy atom. The van der Waals surface area contributed by atoms with E-state index in [-0.39, 0.29) is 5.97 Å². The van der Waals surface area contributed by atoms with Crippen LogP contribution in [0.15, 0.2) is 22.6 Å². The van der Waals surface area contributed by atoms with Crippen molar-refractivity contribution in [3.8, 4) is 0 Å². The van der Waals surface area contributed by atoms with Crippen LogP contribution in [0.5, 0.6) is 0 Å². The van der Waals surface area contributed by atoms with Gasteiger partial charge in [-0.15, -0.1) is 0 Å². The summed E-state index contributed by atoms with van der Waals surface area (Å²) < 4.78 is 10.6. The Kier molecular flexibility index (Phi) is 3.19. The summed E-state index contributed by atoms with van der Waals surface area (Å²) >= 11 is 0. The van der Waals surface area contributed by atoms with Gasteiger partial charge in [0.25, 0.3) is 0 Å². The number of hydrogen-bond acceptors (Lipinski definition) is 4. The minimum absolute atomic E-state index is 0.277. The summed E-state index contributed by atoms with van der Waals surface area (Å²) in [4.78, 5) is 14.2. The van der Waals surface area contributed by atoms with Gasteiger partial charge in [0.15, 0.2) is 0 Å². The molecular formula is C14H17NO3. The van der Waals surface area contributed by atoms with E-state index in [2.05, 4.69) is 4.90 Å². The number of likely N-dealkylation sites (tertiary alicyclic amines) is 1. The number of rotatable bonds is 4. The molecule has 0 aliphatic carbocycles. The highest BCUT2D eigenvalue weighted by atomic mass is 16.5. The molecule has 2 bridgehead atoms. The van der Waals surface area contributed by atoms with Gasteiger partial charge in [-0.25, -0.2) is 4.79 Å². The average molecular weight is 247 g/mol. The summed E-state index contributed by atoms with van der Waals surface area (Å²) in [5.41, 5.74) is 1.90. The number of fused-ring (bicyclic) bond motifs is 2. The molecule has 4 heteroatoms. The molecule has 1 saturated heterocycles. The minimum Gasteiger partial charge on any atom is -0.461 e. The number of piperidine rings is 1. The molecule has 96 valence electrons. The van der Waals surface area contributed by atoms with Gasteiger partial charge in [0.1, 0.15) is 23.3 Å². The fourth-order valence-corrected chi connectivity index (χ4v) is 2.48. The number of carbonyl (C=O) groups excluding carboxylic acids is 1. The number of furan rings is 2. The maximum absolute atomic E-state index is 11.8. The molecule has 18 heavy (non-hydrogen) atoms. The smallest absolute Gasteiger partial charge is 0.342 e. The first-order chi connectivity index (χ1) is 8.83. The van der Waals surface area contributed by atoms with E-state index >= 15 is 0 Å². The highest BCUT2D eigenvalue weighted by Gasteiger charge is 2.16. The lowest BCUT2D eigenvalue weighted by Crippen LogP contribution is -2.33. The van der Waals surface area contributed by atoms with Crippen molar-refractivity contribution in [1.82, 2.24) is 4.90 Å². The van der Waals surface area contributed by atoms with Crippen LogP contribution in [0.4, 0.5) is 0 Å². The molecule has 0 saturated carbocycles. The molecule has 4 nitrogen and oxygen atoms in total. The molecule has 1 aliphatic heterocycles. The first-order valence-corrected chi connectivity index (χ1v) is 6.54. The zero-order valence-corrected chi connectivity index (χ0v) is 10.4. The van der Waals surface area contributed by atoms with Crippen molar-refractivity contribution >= 4 is 17.1 Å². The molecule has 0 N–H and O–H groups in total. The molecule has 0 aromatic carbocycles. The summed E-state index contributed by atoms with van der Waals surface area (Å²) in [6.07, 6.45) is 3.84. The molecule has 0 amide bonds. The topological polar surface area (TPSA) is 42.7 Å². The van der Waals surface area contributed by atoms with Crippen molar-refractivity contribution in [3.05, 3.63) is 23.8 Å². The van der Waals surface area contributed by atoms with Crippen LogP contribution >= 0.6 is 0 Å². The number of benzene rings is 1.